The van der Waals surface area contributed by atoms with Crippen molar-refractivity contribution in [3.05, 3.63) is 18.2 Å². The molecule has 1 atom stereocenters. The van der Waals surface area contributed by atoms with Gasteiger partial charge in [-0.3, -0.25) is 0 Å². The molecule has 2 aliphatic carbocycles. The minimum Gasteiger partial charge on any atom is -0.329 e. The molecule has 2 saturated carbocycles. The molecule has 0 saturated heterocycles. The molecule has 2 aliphatic rings. The van der Waals surface area contributed by atoms with Crippen molar-refractivity contribution < 1.29 is 0 Å². The minimum absolute atomic E-state index is 0.123. The fourth-order valence-corrected chi connectivity index (χ4v) is 2.88. The fourth-order valence-electron chi connectivity index (χ4n) is 2.88. The van der Waals surface area contributed by atoms with Gasteiger partial charge in [0.25, 0.3) is 0 Å². The van der Waals surface area contributed by atoms with E-state index in [9.17, 15) is 0 Å². The zero-order valence-corrected chi connectivity index (χ0v) is 10.8. The van der Waals surface area contributed by atoms with Crippen molar-refractivity contribution in [3.63, 3.8) is 0 Å². The topological polar surface area (TPSA) is 43.8 Å². The third-order valence-electron chi connectivity index (χ3n) is 4.29. The second-order valence-electron chi connectivity index (χ2n) is 6.16. The lowest BCUT2D eigenvalue weighted by Gasteiger charge is -2.24. The van der Waals surface area contributed by atoms with Crippen molar-refractivity contribution in [2.75, 3.05) is 0 Å². The minimum atomic E-state index is 0.123. The van der Waals surface area contributed by atoms with Gasteiger partial charge in [0.2, 0.25) is 0 Å². The molecule has 0 radical (unpaired) electrons. The van der Waals surface area contributed by atoms with Gasteiger partial charge in [-0.1, -0.05) is 13.8 Å². The van der Waals surface area contributed by atoms with Gasteiger partial charge in [-0.05, 0) is 43.4 Å². The van der Waals surface area contributed by atoms with E-state index >= 15 is 0 Å². The van der Waals surface area contributed by atoms with Gasteiger partial charge in [-0.15, -0.1) is 0 Å². The van der Waals surface area contributed by atoms with Gasteiger partial charge in [0.05, 0.1) is 12.0 Å². The molecule has 1 aromatic rings. The third-order valence-corrected chi connectivity index (χ3v) is 4.29. The lowest BCUT2D eigenvalue weighted by atomic mass is 10.0. The number of imidazole rings is 1. The summed E-state index contributed by atoms with van der Waals surface area (Å²) in [6.45, 7) is 4.37. The Morgan fingerprint density at radius 3 is 2.29 bits per heavy atom. The second kappa shape index (κ2) is 4.13. The molecule has 0 bridgehead atoms. The first-order valence-corrected chi connectivity index (χ1v) is 6.95. The fraction of sp³-hybridized carbons (Fsp3) is 0.786. The lowest BCUT2D eigenvalue weighted by molar-refractivity contribution is 0.364. The number of hydrogen-bond acceptors (Lipinski definition) is 2. The summed E-state index contributed by atoms with van der Waals surface area (Å²) in [6.07, 6.45) is 9.58. The summed E-state index contributed by atoms with van der Waals surface area (Å²) in [4.78, 5) is 4.35. The number of hydrogen-bond donors (Lipinski definition) is 1. The van der Waals surface area contributed by atoms with E-state index in [2.05, 4.69) is 23.4 Å². The molecule has 0 spiro atoms. The lowest BCUT2D eigenvalue weighted by Crippen LogP contribution is -2.24. The van der Waals surface area contributed by atoms with Crippen molar-refractivity contribution in [3.8, 4) is 0 Å². The van der Waals surface area contributed by atoms with Crippen LogP contribution in [0.1, 0.15) is 57.3 Å². The Morgan fingerprint density at radius 1 is 1.24 bits per heavy atom. The van der Waals surface area contributed by atoms with E-state index in [-0.39, 0.29) is 6.04 Å². The van der Waals surface area contributed by atoms with Crippen molar-refractivity contribution in [2.45, 2.75) is 51.6 Å². The summed E-state index contributed by atoms with van der Waals surface area (Å²) >= 11 is 0. The van der Waals surface area contributed by atoms with Crippen LogP contribution >= 0.6 is 0 Å². The highest BCUT2D eigenvalue weighted by atomic mass is 15.1. The molecule has 3 rings (SSSR count). The molecule has 3 nitrogen and oxygen atoms in total. The molecule has 0 aliphatic heterocycles. The van der Waals surface area contributed by atoms with E-state index in [0.717, 1.165) is 11.8 Å². The Bertz CT molecular complexity index is 376. The summed E-state index contributed by atoms with van der Waals surface area (Å²) < 4.78 is 2.40. The first-order valence-electron chi connectivity index (χ1n) is 6.95. The van der Waals surface area contributed by atoms with Crippen LogP contribution in [0, 0.1) is 17.8 Å². The average Bonchev–Trinajstić information content (AvgIpc) is 3.19. The predicted molar refractivity (Wildman–Crippen MR) is 68.5 cm³/mol. The van der Waals surface area contributed by atoms with E-state index in [0.29, 0.717) is 12.0 Å². The second-order valence-corrected chi connectivity index (χ2v) is 6.16. The van der Waals surface area contributed by atoms with Gasteiger partial charge in [0, 0.05) is 18.3 Å². The maximum Gasteiger partial charge on any atom is 0.0951 e. The molecular formula is C14H23N3. The first-order chi connectivity index (χ1) is 8.18. The van der Waals surface area contributed by atoms with E-state index < -0.39 is 0 Å². The van der Waals surface area contributed by atoms with Gasteiger partial charge in [0.1, 0.15) is 0 Å². The Hall–Kier alpha value is -0.830. The van der Waals surface area contributed by atoms with Crippen LogP contribution in [0.4, 0.5) is 0 Å². The first kappa shape index (κ1) is 11.3. The van der Waals surface area contributed by atoms with Crippen LogP contribution in [0.2, 0.25) is 0 Å². The van der Waals surface area contributed by atoms with Crippen LogP contribution in [0.3, 0.4) is 0 Å². The Kier molecular flexibility index (Phi) is 2.74. The molecule has 0 aromatic carbocycles. The van der Waals surface area contributed by atoms with Gasteiger partial charge >= 0.3 is 0 Å². The van der Waals surface area contributed by atoms with Gasteiger partial charge in [-0.25, -0.2) is 4.98 Å². The summed E-state index contributed by atoms with van der Waals surface area (Å²) in [6, 6.07) is 0.815. The monoisotopic (exact) mass is 233 g/mol. The number of nitrogens with zero attached hydrogens (tertiary/aromatic N) is 2. The molecule has 1 heterocycles. The Labute approximate surface area is 103 Å². The summed E-state index contributed by atoms with van der Waals surface area (Å²) in [7, 11) is 0. The molecule has 1 aromatic heterocycles. The Morgan fingerprint density at radius 2 is 1.82 bits per heavy atom. The standard InChI is InChI=1S/C14H23N3/c1-9(2)13(15)12-7-16-8-17(12)14(10-3-4-10)11-5-6-11/h7-11,13-14H,3-6,15H2,1-2H3. The van der Waals surface area contributed by atoms with Gasteiger partial charge in [-0.2, -0.15) is 0 Å². The van der Waals surface area contributed by atoms with E-state index in [1.165, 1.54) is 31.4 Å². The predicted octanol–water partition coefficient (Wildman–Crippen LogP) is 2.90. The van der Waals surface area contributed by atoms with Crippen molar-refractivity contribution in [1.82, 2.24) is 9.55 Å². The largest absolute Gasteiger partial charge is 0.329 e. The quantitative estimate of drug-likeness (QED) is 0.849. The number of nitrogens with two attached hydrogens (primary N) is 1. The van der Waals surface area contributed by atoms with Crippen molar-refractivity contribution >= 4 is 0 Å². The van der Waals surface area contributed by atoms with Crippen LogP contribution < -0.4 is 5.73 Å². The van der Waals surface area contributed by atoms with Crippen molar-refractivity contribution in [2.24, 2.45) is 23.5 Å². The van der Waals surface area contributed by atoms with Crippen LogP contribution in [0.25, 0.3) is 0 Å². The highest BCUT2D eigenvalue weighted by Gasteiger charge is 2.43. The molecule has 2 fully saturated rings. The molecule has 2 N–H and O–H groups in total. The van der Waals surface area contributed by atoms with Crippen LogP contribution in [-0.4, -0.2) is 9.55 Å². The smallest absolute Gasteiger partial charge is 0.0951 e. The van der Waals surface area contributed by atoms with Gasteiger partial charge < -0.3 is 10.3 Å². The van der Waals surface area contributed by atoms with Crippen molar-refractivity contribution in [1.29, 1.82) is 0 Å². The van der Waals surface area contributed by atoms with Crippen LogP contribution in [0.5, 0.6) is 0 Å². The normalized spacial score (nSPS) is 22.4. The summed E-state index contributed by atoms with van der Waals surface area (Å²) in [5, 5.41) is 0. The van der Waals surface area contributed by atoms with Gasteiger partial charge in [0.15, 0.2) is 0 Å². The molecule has 17 heavy (non-hydrogen) atoms. The molecule has 1 unspecified atom stereocenters. The SMILES string of the molecule is CC(C)C(N)c1cncn1C(C1CC1)C1CC1. The molecule has 0 amide bonds. The molecule has 3 heteroatoms. The van der Waals surface area contributed by atoms with E-state index in [1.807, 2.05) is 12.5 Å². The molecular weight excluding hydrogens is 210 g/mol. The molecule has 94 valence electrons. The number of rotatable bonds is 5. The average molecular weight is 233 g/mol. The Balaban J connectivity index is 1.88. The van der Waals surface area contributed by atoms with Crippen LogP contribution in [0.15, 0.2) is 12.5 Å². The van der Waals surface area contributed by atoms with E-state index in [4.69, 9.17) is 5.73 Å². The highest BCUT2D eigenvalue weighted by Crippen LogP contribution is 2.52. The summed E-state index contributed by atoms with van der Waals surface area (Å²) in [5.74, 6) is 2.27. The zero-order valence-electron chi connectivity index (χ0n) is 10.8. The third kappa shape index (κ3) is 2.13. The number of aromatic nitrogens is 2. The highest BCUT2D eigenvalue weighted by molar-refractivity contribution is 5.10. The van der Waals surface area contributed by atoms with Crippen LogP contribution in [-0.2, 0) is 0 Å². The zero-order chi connectivity index (χ0) is 12.0. The maximum atomic E-state index is 6.30. The van der Waals surface area contributed by atoms with E-state index in [1.54, 1.807) is 0 Å². The maximum absolute atomic E-state index is 6.30. The summed E-state index contributed by atoms with van der Waals surface area (Å²) in [5.41, 5.74) is 7.54.